The third kappa shape index (κ3) is 8.93. The van der Waals surface area contributed by atoms with Gasteiger partial charge in [0.15, 0.2) is 18.4 Å². The lowest BCUT2D eigenvalue weighted by Gasteiger charge is -2.44. The molecule has 55 heavy (non-hydrogen) atoms. The number of rotatable bonds is 10. The molecule has 3 heterocycles. The largest absolute Gasteiger partial charge is 0.458 e. The van der Waals surface area contributed by atoms with Crippen molar-refractivity contribution in [1.82, 2.24) is 4.90 Å². The molecule has 0 radical (unpaired) electrons. The zero-order valence-corrected chi connectivity index (χ0v) is 34.0. The number of nitrogens with zero attached hydrogens (tertiary/aromatic N) is 1. The molecule has 0 aromatic heterocycles. The standard InChI is InChI=1S/C43H65NO11/c1-10-11-13-26-14-12-15-34(54-37-19-18-33(44(5)6)24(3)51-37)23(2)38(46)32-20-29-27(31(32)22-36(45)53-26)16-17-28-30(29)21-35(39(28)47)55-43-42(50-9)41(49-8)40(48-7)25(4)52-43/h10-11,13,16-17,20,23-31,33-35,37,39-43,47H,1,12,14-15,18-19,21-22H2,2-9H3/b13-11+/t23-,24-,25+,26+,27-,28+,29-,30-,31+,33+,34+,35+,37+,39+,40+,41-,42-,43+/m1/s1. The molecule has 4 fully saturated rings. The first-order chi connectivity index (χ1) is 26.4. The van der Waals surface area contributed by atoms with Gasteiger partial charge in [0, 0.05) is 45.1 Å². The fourth-order valence-electron chi connectivity index (χ4n) is 10.4. The highest BCUT2D eigenvalue weighted by atomic mass is 16.7. The van der Waals surface area contributed by atoms with E-state index in [-0.39, 0.29) is 72.2 Å². The van der Waals surface area contributed by atoms with Gasteiger partial charge in [-0.2, -0.15) is 0 Å². The summed E-state index contributed by atoms with van der Waals surface area (Å²) < 4.78 is 49.2. The number of carbonyl (C=O) groups is 2. The monoisotopic (exact) mass is 771 g/mol. The van der Waals surface area contributed by atoms with Crippen LogP contribution in [0.4, 0.5) is 0 Å². The third-order valence-electron chi connectivity index (χ3n) is 13.3. The maximum absolute atomic E-state index is 14.7. The van der Waals surface area contributed by atoms with Crippen LogP contribution in [0.3, 0.4) is 0 Å². The second-order valence-electron chi connectivity index (χ2n) is 16.7. The van der Waals surface area contributed by atoms with E-state index in [9.17, 15) is 14.7 Å². The van der Waals surface area contributed by atoms with Crippen molar-refractivity contribution >= 4 is 11.8 Å². The van der Waals surface area contributed by atoms with Crippen LogP contribution in [0.1, 0.15) is 65.7 Å². The van der Waals surface area contributed by atoms with Crippen molar-refractivity contribution in [2.24, 2.45) is 35.5 Å². The van der Waals surface area contributed by atoms with E-state index < -0.39 is 49.0 Å². The molecule has 12 nitrogen and oxygen atoms in total. The lowest BCUT2D eigenvalue weighted by Crippen LogP contribution is -2.60. The number of methoxy groups -OCH3 is 3. The number of likely N-dealkylation sites (N-methyl/N-ethyl adjacent to an activating group) is 1. The van der Waals surface area contributed by atoms with Gasteiger partial charge in [-0.1, -0.05) is 43.9 Å². The van der Waals surface area contributed by atoms with E-state index in [1.807, 2.05) is 26.0 Å². The molecule has 0 amide bonds. The van der Waals surface area contributed by atoms with Gasteiger partial charge in [0.05, 0.1) is 36.9 Å². The Kier molecular flexibility index (Phi) is 14.3. The molecule has 1 saturated carbocycles. The Morgan fingerprint density at radius 1 is 0.855 bits per heavy atom. The van der Waals surface area contributed by atoms with Gasteiger partial charge in [-0.15, -0.1) is 0 Å². The number of carbonyl (C=O) groups excluding carboxylic acids is 2. The zero-order valence-electron chi connectivity index (χ0n) is 34.0. The first-order valence-corrected chi connectivity index (χ1v) is 20.4. The first kappa shape index (κ1) is 42.3. The number of aliphatic hydroxyl groups is 1. The van der Waals surface area contributed by atoms with E-state index in [1.165, 1.54) is 0 Å². The summed E-state index contributed by atoms with van der Waals surface area (Å²) in [5.74, 6) is -1.57. The molecule has 6 rings (SSSR count). The van der Waals surface area contributed by atoms with E-state index >= 15 is 0 Å². The molecule has 3 aliphatic carbocycles. The van der Waals surface area contributed by atoms with E-state index in [2.05, 4.69) is 50.7 Å². The summed E-state index contributed by atoms with van der Waals surface area (Å²) in [6, 6.07) is 0.302. The predicted molar refractivity (Wildman–Crippen MR) is 205 cm³/mol. The predicted octanol–water partition coefficient (Wildman–Crippen LogP) is 4.79. The van der Waals surface area contributed by atoms with Gasteiger partial charge >= 0.3 is 5.97 Å². The molecule has 0 unspecified atom stereocenters. The maximum atomic E-state index is 14.7. The number of aliphatic hydroxyl groups excluding tert-OH is 1. The molecule has 3 saturated heterocycles. The number of Topliss-reactive ketones (excluding diaryl/α,β-unsaturated/α-hetero) is 1. The summed E-state index contributed by atoms with van der Waals surface area (Å²) in [6.45, 7) is 9.75. The Balaban J connectivity index is 1.24. The molecule has 0 spiro atoms. The number of ether oxygens (including phenoxy) is 8. The van der Waals surface area contributed by atoms with Crippen LogP contribution in [-0.2, 0) is 47.5 Å². The Morgan fingerprint density at radius 3 is 2.25 bits per heavy atom. The van der Waals surface area contributed by atoms with Crippen LogP contribution < -0.4 is 0 Å². The fourth-order valence-corrected chi connectivity index (χ4v) is 10.4. The second kappa shape index (κ2) is 18.6. The molecular formula is C43H65NO11. The van der Waals surface area contributed by atoms with Crippen LogP contribution in [-0.4, -0.2) is 131 Å². The summed E-state index contributed by atoms with van der Waals surface area (Å²) in [5, 5.41) is 11.7. The van der Waals surface area contributed by atoms with Gasteiger partial charge in [0.1, 0.15) is 24.4 Å². The summed E-state index contributed by atoms with van der Waals surface area (Å²) >= 11 is 0. The van der Waals surface area contributed by atoms with E-state index in [4.69, 9.17) is 37.9 Å². The van der Waals surface area contributed by atoms with Crippen LogP contribution in [0.15, 0.2) is 48.6 Å². The molecule has 0 bridgehead atoms. The van der Waals surface area contributed by atoms with Gasteiger partial charge < -0.3 is 47.9 Å². The van der Waals surface area contributed by atoms with Gasteiger partial charge in [0.25, 0.3) is 0 Å². The molecular weight excluding hydrogens is 706 g/mol. The van der Waals surface area contributed by atoms with Crippen molar-refractivity contribution < 1.29 is 52.6 Å². The maximum Gasteiger partial charge on any atom is 0.307 e. The first-order valence-electron chi connectivity index (χ1n) is 20.4. The van der Waals surface area contributed by atoms with Crippen LogP contribution >= 0.6 is 0 Å². The van der Waals surface area contributed by atoms with Gasteiger partial charge in [0.2, 0.25) is 0 Å². The number of hydrogen-bond acceptors (Lipinski definition) is 12. The minimum Gasteiger partial charge on any atom is -0.458 e. The van der Waals surface area contributed by atoms with Crippen LogP contribution in [0.2, 0.25) is 0 Å². The highest BCUT2D eigenvalue weighted by Crippen LogP contribution is 2.54. The van der Waals surface area contributed by atoms with Crippen LogP contribution in [0, 0.1) is 35.5 Å². The number of esters is 1. The van der Waals surface area contributed by atoms with Gasteiger partial charge in [-0.05, 0) is 95.9 Å². The minimum absolute atomic E-state index is 0.00182. The molecule has 1 N–H and O–H groups in total. The smallest absolute Gasteiger partial charge is 0.307 e. The van der Waals surface area contributed by atoms with Crippen LogP contribution in [0.5, 0.6) is 0 Å². The SMILES string of the molecule is C=C/C=C/[C@H]1CCC[C@H](O[C@H]2CC[C@H](N(C)C)[C@@H](C)O2)[C@@H](C)C(=O)C2=C[C@@H]3[C@@H](C=C[C@@H]4[C@H](O)[C@@H](O[C@@H]5O[C@@H](C)[C@H](OC)[C@@H](OC)[C@H]5OC)C[C@H]43)[C@@H]2CC(=O)O1. The summed E-state index contributed by atoms with van der Waals surface area (Å²) in [6.07, 6.45) is 10.9. The van der Waals surface area contributed by atoms with E-state index in [0.717, 1.165) is 12.8 Å². The van der Waals surface area contributed by atoms with Crippen molar-refractivity contribution in [2.45, 2.75) is 139 Å². The molecule has 3 aliphatic heterocycles. The van der Waals surface area contributed by atoms with E-state index in [1.54, 1.807) is 27.4 Å². The molecule has 12 heteroatoms. The van der Waals surface area contributed by atoms with Crippen molar-refractivity contribution in [3.05, 3.63) is 48.6 Å². The molecule has 6 aliphatic rings. The number of allylic oxidation sites excluding steroid dienone is 5. The quantitative estimate of drug-likeness (QED) is 0.186. The highest BCUT2D eigenvalue weighted by Gasteiger charge is 2.55. The van der Waals surface area contributed by atoms with Gasteiger partial charge in [-0.25, -0.2) is 0 Å². The Hall–Kier alpha value is -2.26. The third-order valence-corrected chi connectivity index (χ3v) is 13.3. The lowest BCUT2D eigenvalue weighted by atomic mass is 9.70. The number of cyclic esters (lactones) is 1. The van der Waals surface area contributed by atoms with Crippen molar-refractivity contribution in [1.29, 1.82) is 0 Å². The van der Waals surface area contributed by atoms with Gasteiger partial charge in [-0.3, -0.25) is 9.59 Å². The molecule has 0 aromatic carbocycles. The number of hydrogen-bond donors (Lipinski definition) is 1. The summed E-state index contributed by atoms with van der Waals surface area (Å²) in [4.78, 5) is 30.6. The average Bonchev–Trinajstić information content (AvgIpc) is 3.68. The molecule has 18 atom stereocenters. The van der Waals surface area contributed by atoms with E-state index in [0.29, 0.717) is 37.3 Å². The topological polar surface area (TPSA) is 131 Å². The summed E-state index contributed by atoms with van der Waals surface area (Å²) in [5.41, 5.74) is 0.652. The van der Waals surface area contributed by atoms with Crippen molar-refractivity contribution in [3.8, 4) is 0 Å². The minimum atomic E-state index is -0.801. The molecule has 308 valence electrons. The summed E-state index contributed by atoms with van der Waals surface area (Å²) in [7, 11) is 8.95. The lowest BCUT2D eigenvalue weighted by molar-refractivity contribution is -0.319. The Labute approximate surface area is 327 Å². The van der Waals surface area contributed by atoms with Crippen molar-refractivity contribution in [2.75, 3.05) is 35.4 Å². The highest BCUT2D eigenvalue weighted by molar-refractivity contribution is 5.99. The normalized spacial score (nSPS) is 45.3. The Bertz CT molecular complexity index is 1430. The zero-order chi connectivity index (χ0) is 39.6. The number of ketones is 1. The van der Waals surface area contributed by atoms with Crippen LogP contribution in [0.25, 0.3) is 0 Å². The fraction of sp³-hybridized carbons (Fsp3) is 0.767. The Morgan fingerprint density at radius 2 is 1.58 bits per heavy atom. The average molecular weight is 772 g/mol. The molecule has 0 aromatic rings. The number of fused-ring (bicyclic) bond motifs is 5. The van der Waals surface area contributed by atoms with Crippen molar-refractivity contribution in [3.63, 3.8) is 0 Å². The second-order valence-corrected chi connectivity index (χ2v) is 16.7.